The lowest BCUT2D eigenvalue weighted by Gasteiger charge is -2.07. The van der Waals surface area contributed by atoms with E-state index in [0.717, 1.165) is 32.8 Å². The summed E-state index contributed by atoms with van der Waals surface area (Å²) in [5, 5.41) is 26.7. The van der Waals surface area contributed by atoms with E-state index < -0.39 is 9.85 Å². The summed E-state index contributed by atoms with van der Waals surface area (Å²) in [5.41, 5.74) is 8.15. The number of rotatable bonds is 7. The molecule has 34 heavy (non-hydrogen) atoms. The summed E-state index contributed by atoms with van der Waals surface area (Å²) in [6.07, 6.45) is 1.48. The summed E-state index contributed by atoms with van der Waals surface area (Å²) in [4.78, 5) is 26.7. The van der Waals surface area contributed by atoms with Crippen LogP contribution in [0.5, 0.6) is 0 Å². The van der Waals surface area contributed by atoms with Crippen LogP contribution in [0.3, 0.4) is 0 Å². The van der Waals surface area contributed by atoms with Gasteiger partial charge in [0.1, 0.15) is 0 Å². The number of nitro benzene ring substituents is 2. The normalized spacial score (nSPS) is 11.0. The van der Waals surface area contributed by atoms with Gasteiger partial charge in [0.25, 0.3) is 11.4 Å². The van der Waals surface area contributed by atoms with Crippen molar-refractivity contribution in [1.82, 2.24) is 4.98 Å². The van der Waals surface area contributed by atoms with E-state index in [1.807, 2.05) is 26.0 Å². The smallest absolute Gasteiger partial charge is 0.258 e. The summed E-state index contributed by atoms with van der Waals surface area (Å²) in [6, 6.07) is 18.6. The number of non-ortho nitro benzene ring substituents is 2. The van der Waals surface area contributed by atoms with Crippen molar-refractivity contribution in [2.75, 3.05) is 5.43 Å². The van der Waals surface area contributed by atoms with Gasteiger partial charge in [-0.15, -0.1) is 0 Å². The number of hydrazone groups is 1. The molecule has 3 aromatic carbocycles. The molecule has 0 saturated carbocycles. The molecule has 9 nitrogen and oxygen atoms in total. The van der Waals surface area contributed by atoms with Crippen LogP contribution in [0, 0.1) is 34.1 Å². The first-order chi connectivity index (χ1) is 16.3. The number of anilines is 1. The first kappa shape index (κ1) is 22.7. The second-order valence-corrected chi connectivity index (χ2v) is 8.54. The highest BCUT2D eigenvalue weighted by molar-refractivity contribution is 7.19. The minimum absolute atomic E-state index is 0.0150. The summed E-state index contributed by atoms with van der Waals surface area (Å²) in [5.74, 6) is 0. The van der Waals surface area contributed by atoms with Gasteiger partial charge in [0.15, 0.2) is 0 Å². The number of aromatic nitrogens is 1. The van der Waals surface area contributed by atoms with Crippen molar-refractivity contribution < 1.29 is 9.85 Å². The Hall–Kier alpha value is -4.44. The minimum atomic E-state index is -0.460. The second-order valence-electron chi connectivity index (χ2n) is 7.54. The lowest BCUT2D eigenvalue weighted by Crippen LogP contribution is -1.93. The quantitative estimate of drug-likeness (QED) is 0.189. The van der Waals surface area contributed by atoms with Gasteiger partial charge in [-0.05, 0) is 37.1 Å². The Morgan fingerprint density at radius 2 is 1.68 bits per heavy atom. The number of nitrogens with zero attached hydrogens (tertiary/aromatic N) is 4. The number of aryl methyl sites for hydroxylation is 2. The molecule has 1 N–H and O–H groups in total. The van der Waals surface area contributed by atoms with E-state index in [9.17, 15) is 20.2 Å². The van der Waals surface area contributed by atoms with Crippen molar-refractivity contribution in [3.05, 3.63) is 104 Å². The maximum Gasteiger partial charge on any atom is 0.270 e. The number of nitro groups is 2. The maximum atomic E-state index is 11.0. The third-order valence-electron chi connectivity index (χ3n) is 5.06. The first-order valence-corrected chi connectivity index (χ1v) is 11.0. The lowest BCUT2D eigenvalue weighted by atomic mass is 10.0. The molecule has 0 fully saturated rings. The monoisotopic (exact) mass is 473 g/mol. The predicted octanol–water partition coefficient (Wildman–Crippen LogP) is 6.36. The zero-order valence-corrected chi connectivity index (χ0v) is 19.1. The first-order valence-electron chi connectivity index (χ1n) is 10.2. The van der Waals surface area contributed by atoms with E-state index in [4.69, 9.17) is 4.98 Å². The highest BCUT2D eigenvalue weighted by Crippen LogP contribution is 2.40. The van der Waals surface area contributed by atoms with Gasteiger partial charge in [0, 0.05) is 35.4 Å². The topological polar surface area (TPSA) is 124 Å². The molecule has 1 aromatic heterocycles. The van der Waals surface area contributed by atoms with Gasteiger partial charge < -0.3 is 0 Å². The molecule has 0 atom stereocenters. The Morgan fingerprint density at radius 3 is 2.35 bits per heavy atom. The standard InChI is InChI=1S/C24H19N5O4S/c1-15-6-11-21(16(2)12-15)22-23(18-7-9-19(10-8-18)28(30)31)34-24(26-22)27-25-14-17-4-3-5-20(13-17)29(32)33/h3-14H,1-2H3,(H,26,27)/b25-14-. The van der Waals surface area contributed by atoms with E-state index in [0.29, 0.717) is 10.7 Å². The van der Waals surface area contributed by atoms with Crippen LogP contribution in [0.25, 0.3) is 21.7 Å². The largest absolute Gasteiger partial charge is 0.270 e. The van der Waals surface area contributed by atoms with Crippen LogP contribution in [0.4, 0.5) is 16.5 Å². The van der Waals surface area contributed by atoms with Gasteiger partial charge in [0.2, 0.25) is 5.13 Å². The zero-order chi connectivity index (χ0) is 24.2. The fourth-order valence-corrected chi connectivity index (χ4v) is 4.38. The molecule has 0 unspecified atom stereocenters. The minimum Gasteiger partial charge on any atom is -0.258 e. The highest BCUT2D eigenvalue weighted by Gasteiger charge is 2.17. The van der Waals surface area contributed by atoms with E-state index in [1.165, 1.54) is 41.8 Å². The van der Waals surface area contributed by atoms with Crippen molar-refractivity contribution in [3.63, 3.8) is 0 Å². The molecule has 0 spiro atoms. The molecule has 10 heteroatoms. The Kier molecular flexibility index (Phi) is 6.42. The molecule has 0 saturated heterocycles. The summed E-state index contributed by atoms with van der Waals surface area (Å²) in [6.45, 7) is 4.03. The van der Waals surface area contributed by atoms with Crippen LogP contribution >= 0.6 is 11.3 Å². The van der Waals surface area contributed by atoms with Crippen molar-refractivity contribution in [2.24, 2.45) is 5.10 Å². The number of hydrogen-bond acceptors (Lipinski definition) is 8. The maximum absolute atomic E-state index is 11.0. The number of benzene rings is 3. The molecule has 0 aliphatic heterocycles. The van der Waals surface area contributed by atoms with Crippen LogP contribution in [0.2, 0.25) is 0 Å². The Bertz CT molecular complexity index is 1410. The zero-order valence-electron chi connectivity index (χ0n) is 18.3. The van der Waals surface area contributed by atoms with Gasteiger partial charge in [0.05, 0.1) is 26.6 Å². The van der Waals surface area contributed by atoms with Crippen molar-refractivity contribution in [2.45, 2.75) is 13.8 Å². The molecule has 0 radical (unpaired) electrons. The molecule has 4 aromatic rings. The Balaban J connectivity index is 1.69. The molecular formula is C24H19N5O4S. The highest BCUT2D eigenvalue weighted by atomic mass is 32.1. The lowest BCUT2D eigenvalue weighted by molar-refractivity contribution is -0.385. The Labute approximate surface area is 198 Å². The van der Waals surface area contributed by atoms with Crippen molar-refractivity contribution in [3.8, 4) is 21.7 Å². The summed E-state index contributed by atoms with van der Waals surface area (Å²) in [7, 11) is 0. The predicted molar refractivity (Wildman–Crippen MR) is 133 cm³/mol. The SMILES string of the molecule is Cc1ccc(-c2nc(N/N=C\c3cccc([N+](=O)[O-])c3)sc2-c2ccc([N+](=O)[O-])cc2)c(C)c1. The molecule has 0 amide bonds. The number of thiazole rings is 1. The fourth-order valence-electron chi connectivity index (χ4n) is 3.44. The molecule has 1 heterocycles. The van der Waals surface area contributed by atoms with Crippen LogP contribution in [0.1, 0.15) is 16.7 Å². The molecule has 170 valence electrons. The van der Waals surface area contributed by atoms with Gasteiger partial charge >= 0.3 is 0 Å². The summed E-state index contributed by atoms with van der Waals surface area (Å²) >= 11 is 1.36. The van der Waals surface area contributed by atoms with Gasteiger partial charge in [-0.3, -0.25) is 25.7 Å². The van der Waals surface area contributed by atoms with E-state index in [1.54, 1.807) is 24.3 Å². The van der Waals surface area contributed by atoms with Crippen LogP contribution in [-0.2, 0) is 0 Å². The third kappa shape index (κ3) is 4.97. The van der Waals surface area contributed by atoms with Crippen molar-refractivity contribution in [1.29, 1.82) is 0 Å². The van der Waals surface area contributed by atoms with Crippen LogP contribution in [0.15, 0.2) is 71.8 Å². The van der Waals surface area contributed by atoms with E-state index in [2.05, 4.69) is 16.6 Å². The average molecular weight is 474 g/mol. The molecule has 0 bridgehead atoms. The second kappa shape index (κ2) is 9.59. The van der Waals surface area contributed by atoms with Crippen LogP contribution in [-0.4, -0.2) is 21.0 Å². The van der Waals surface area contributed by atoms with Crippen molar-refractivity contribution >= 4 is 34.1 Å². The fraction of sp³-hybridized carbons (Fsp3) is 0.0833. The molecule has 0 aliphatic carbocycles. The molecule has 0 aliphatic rings. The van der Waals surface area contributed by atoms with E-state index >= 15 is 0 Å². The molecule has 4 rings (SSSR count). The summed E-state index contributed by atoms with van der Waals surface area (Å²) < 4.78 is 0. The average Bonchev–Trinajstić information content (AvgIpc) is 3.23. The van der Waals surface area contributed by atoms with Gasteiger partial charge in [-0.2, -0.15) is 5.10 Å². The third-order valence-corrected chi connectivity index (χ3v) is 6.07. The molecular weight excluding hydrogens is 454 g/mol. The Morgan fingerprint density at radius 1 is 0.941 bits per heavy atom. The van der Waals surface area contributed by atoms with E-state index in [-0.39, 0.29) is 11.4 Å². The number of nitrogens with one attached hydrogen (secondary N) is 1. The number of hydrogen-bond donors (Lipinski definition) is 1. The van der Waals surface area contributed by atoms with Gasteiger partial charge in [-0.25, -0.2) is 4.98 Å². The van der Waals surface area contributed by atoms with Crippen LogP contribution < -0.4 is 5.43 Å². The van der Waals surface area contributed by atoms with Gasteiger partial charge in [-0.1, -0.05) is 47.2 Å².